The van der Waals surface area contributed by atoms with E-state index in [2.05, 4.69) is 16.0 Å². The quantitative estimate of drug-likeness (QED) is 0.848. The molecule has 3 heterocycles. The number of rotatable bonds is 5. The minimum absolute atomic E-state index is 0.0468. The molecule has 5 heteroatoms. The van der Waals surface area contributed by atoms with Crippen molar-refractivity contribution < 1.29 is 9.53 Å². The van der Waals surface area contributed by atoms with Crippen molar-refractivity contribution in [2.24, 2.45) is 5.92 Å². The number of aromatic nitrogens is 2. The van der Waals surface area contributed by atoms with Crippen LogP contribution < -0.4 is 4.74 Å². The van der Waals surface area contributed by atoms with Gasteiger partial charge in [-0.3, -0.25) is 14.8 Å². The zero-order valence-corrected chi connectivity index (χ0v) is 14.0. The summed E-state index contributed by atoms with van der Waals surface area (Å²) in [6.07, 6.45) is 8.42. The molecular formula is C19H23N3O2. The van der Waals surface area contributed by atoms with Crippen molar-refractivity contribution >= 4 is 5.91 Å². The van der Waals surface area contributed by atoms with Gasteiger partial charge in [-0.05, 0) is 55.9 Å². The smallest absolute Gasteiger partial charge is 0.260 e. The van der Waals surface area contributed by atoms with Gasteiger partial charge in [-0.1, -0.05) is 6.07 Å². The highest BCUT2D eigenvalue weighted by Gasteiger charge is 2.24. The van der Waals surface area contributed by atoms with Gasteiger partial charge in [0.15, 0.2) is 6.61 Å². The van der Waals surface area contributed by atoms with E-state index in [1.165, 1.54) is 5.56 Å². The van der Waals surface area contributed by atoms with Gasteiger partial charge < -0.3 is 9.64 Å². The summed E-state index contributed by atoms with van der Waals surface area (Å²) in [6, 6.07) is 7.79. The minimum atomic E-state index is 0.0468. The molecule has 1 fully saturated rings. The number of nitrogens with zero attached hydrogens (tertiary/aromatic N) is 3. The van der Waals surface area contributed by atoms with Gasteiger partial charge in [0, 0.05) is 31.2 Å². The maximum Gasteiger partial charge on any atom is 0.260 e. The molecule has 1 aliphatic rings. The van der Waals surface area contributed by atoms with Gasteiger partial charge in [0.25, 0.3) is 5.91 Å². The number of likely N-dealkylation sites (tertiary alicyclic amines) is 1. The first kappa shape index (κ1) is 16.4. The molecule has 2 aromatic rings. The molecule has 0 bridgehead atoms. The maximum atomic E-state index is 12.4. The number of amides is 1. The molecule has 126 valence electrons. The number of piperidine rings is 1. The van der Waals surface area contributed by atoms with Crippen molar-refractivity contribution in [2.75, 3.05) is 19.7 Å². The summed E-state index contributed by atoms with van der Waals surface area (Å²) in [5, 5.41) is 0. The van der Waals surface area contributed by atoms with E-state index in [4.69, 9.17) is 4.74 Å². The Kier molecular flexibility index (Phi) is 5.41. The third-order valence-electron chi connectivity index (χ3n) is 4.37. The van der Waals surface area contributed by atoms with Crippen LogP contribution in [0.4, 0.5) is 0 Å². The Balaban J connectivity index is 1.51. The van der Waals surface area contributed by atoms with Gasteiger partial charge in [-0.15, -0.1) is 0 Å². The summed E-state index contributed by atoms with van der Waals surface area (Å²) in [5.74, 6) is 1.17. The van der Waals surface area contributed by atoms with E-state index in [1.807, 2.05) is 30.2 Å². The van der Waals surface area contributed by atoms with Crippen molar-refractivity contribution in [3.05, 3.63) is 54.1 Å². The van der Waals surface area contributed by atoms with E-state index in [-0.39, 0.29) is 12.5 Å². The standard InChI is InChI=1S/C19H23N3O2/c1-15-6-7-16(11-21-15)10-17-4-3-9-22(13-17)19(23)14-24-18-5-2-8-20-12-18/h2,5-8,11-12,17H,3-4,9-10,13-14H2,1H3. The molecule has 0 saturated carbocycles. The van der Waals surface area contributed by atoms with Gasteiger partial charge >= 0.3 is 0 Å². The van der Waals surface area contributed by atoms with Crippen LogP contribution >= 0.6 is 0 Å². The van der Waals surface area contributed by atoms with Crippen molar-refractivity contribution in [2.45, 2.75) is 26.2 Å². The summed E-state index contributed by atoms with van der Waals surface area (Å²) in [6.45, 7) is 3.68. The van der Waals surface area contributed by atoms with E-state index in [0.29, 0.717) is 11.7 Å². The predicted octanol–water partition coefficient (Wildman–Crippen LogP) is 2.65. The minimum Gasteiger partial charge on any atom is -0.482 e. The van der Waals surface area contributed by atoms with Gasteiger partial charge in [0.05, 0.1) is 6.20 Å². The fourth-order valence-electron chi connectivity index (χ4n) is 3.08. The third kappa shape index (κ3) is 4.54. The summed E-state index contributed by atoms with van der Waals surface area (Å²) in [5.41, 5.74) is 2.28. The maximum absolute atomic E-state index is 12.4. The van der Waals surface area contributed by atoms with Gasteiger partial charge in [-0.25, -0.2) is 0 Å². The van der Waals surface area contributed by atoms with Crippen LogP contribution in [0.3, 0.4) is 0 Å². The third-order valence-corrected chi connectivity index (χ3v) is 4.37. The summed E-state index contributed by atoms with van der Waals surface area (Å²) in [4.78, 5) is 22.6. The number of hydrogen-bond acceptors (Lipinski definition) is 4. The SMILES string of the molecule is Cc1ccc(CC2CCCN(C(=O)COc3cccnc3)C2)cn1. The van der Waals surface area contributed by atoms with Crippen molar-refractivity contribution in [3.8, 4) is 5.75 Å². The Morgan fingerprint density at radius 3 is 3.00 bits per heavy atom. The number of carbonyl (C=O) groups excluding carboxylic acids is 1. The number of pyridine rings is 2. The van der Waals surface area contributed by atoms with Crippen LogP contribution in [0, 0.1) is 12.8 Å². The van der Waals surface area contributed by atoms with Crippen LogP contribution in [0.5, 0.6) is 5.75 Å². The highest BCUT2D eigenvalue weighted by Crippen LogP contribution is 2.21. The monoisotopic (exact) mass is 325 g/mol. The molecule has 0 N–H and O–H groups in total. The van der Waals surface area contributed by atoms with Crippen LogP contribution in [0.1, 0.15) is 24.1 Å². The fraction of sp³-hybridized carbons (Fsp3) is 0.421. The number of hydrogen-bond donors (Lipinski definition) is 0. The highest BCUT2D eigenvalue weighted by atomic mass is 16.5. The first-order chi connectivity index (χ1) is 11.7. The predicted molar refractivity (Wildman–Crippen MR) is 91.7 cm³/mol. The molecule has 5 nitrogen and oxygen atoms in total. The van der Waals surface area contributed by atoms with Crippen molar-refractivity contribution in [3.63, 3.8) is 0 Å². The molecular weight excluding hydrogens is 302 g/mol. The topological polar surface area (TPSA) is 55.3 Å². The highest BCUT2D eigenvalue weighted by molar-refractivity contribution is 5.77. The fourth-order valence-corrected chi connectivity index (χ4v) is 3.08. The molecule has 0 aromatic carbocycles. The molecule has 1 aliphatic heterocycles. The Morgan fingerprint density at radius 2 is 2.25 bits per heavy atom. The van der Waals surface area contributed by atoms with E-state index >= 15 is 0 Å². The molecule has 1 unspecified atom stereocenters. The van der Waals surface area contributed by atoms with Crippen LogP contribution in [0.15, 0.2) is 42.9 Å². The van der Waals surface area contributed by atoms with E-state index in [1.54, 1.807) is 18.5 Å². The molecule has 3 rings (SSSR count). The van der Waals surface area contributed by atoms with E-state index < -0.39 is 0 Å². The molecule has 2 aromatic heterocycles. The largest absolute Gasteiger partial charge is 0.482 e. The average Bonchev–Trinajstić information content (AvgIpc) is 2.63. The lowest BCUT2D eigenvalue weighted by Crippen LogP contribution is -2.42. The van der Waals surface area contributed by atoms with Crippen LogP contribution in [0.2, 0.25) is 0 Å². The molecule has 1 amide bonds. The Hall–Kier alpha value is -2.43. The second kappa shape index (κ2) is 7.90. The lowest BCUT2D eigenvalue weighted by atomic mass is 9.92. The number of ether oxygens (including phenoxy) is 1. The van der Waals surface area contributed by atoms with E-state index in [9.17, 15) is 4.79 Å². The van der Waals surface area contributed by atoms with Crippen LogP contribution in [-0.2, 0) is 11.2 Å². The zero-order chi connectivity index (χ0) is 16.8. The van der Waals surface area contributed by atoms with E-state index in [0.717, 1.165) is 38.0 Å². The number of carbonyl (C=O) groups is 1. The molecule has 24 heavy (non-hydrogen) atoms. The normalized spacial score (nSPS) is 17.5. The van der Waals surface area contributed by atoms with Gasteiger partial charge in [0.2, 0.25) is 0 Å². The lowest BCUT2D eigenvalue weighted by Gasteiger charge is -2.32. The lowest BCUT2D eigenvalue weighted by molar-refractivity contribution is -0.135. The second-order valence-electron chi connectivity index (χ2n) is 6.34. The molecule has 0 spiro atoms. The molecule has 1 saturated heterocycles. The summed E-state index contributed by atoms with van der Waals surface area (Å²) in [7, 11) is 0. The van der Waals surface area contributed by atoms with Crippen molar-refractivity contribution in [1.29, 1.82) is 0 Å². The Bertz CT molecular complexity index is 658. The Labute approximate surface area is 142 Å². The molecule has 0 aliphatic carbocycles. The Morgan fingerprint density at radius 1 is 1.33 bits per heavy atom. The van der Waals surface area contributed by atoms with Crippen LogP contribution in [-0.4, -0.2) is 40.5 Å². The average molecular weight is 325 g/mol. The molecule has 1 atom stereocenters. The zero-order valence-electron chi connectivity index (χ0n) is 14.0. The van der Waals surface area contributed by atoms with Crippen molar-refractivity contribution in [1.82, 2.24) is 14.9 Å². The van der Waals surface area contributed by atoms with Crippen LogP contribution in [0.25, 0.3) is 0 Å². The number of aryl methyl sites for hydroxylation is 1. The van der Waals surface area contributed by atoms with Gasteiger partial charge in [0.1, 0.15) is 5.75 Å². The molecule has 0 radical (unpaired) electrons. The first-order valence-corrected chi connectivity index (χ1v) is 8.43. The second-order valence-corrected chi connectivity index (χ2v) is 6.34. The summed E-state index contributed by atoms with van der Waals surface area (Å²) < 4.78 is 5.52. The summed E-state index contributed by atoms with van der Waals surface area (Å²) >= 11 is 0. The van der Waals surface area contributed by atoms with Gasteiger partial charge in [-0.2, -0.15) is 0 Å². The first-order valence-electron chi connectivity index (χ1n) is 8.43.